The first-order valence-corrected chi connectivity index (χ1v) is 7.83. The maximum Gasteiger partial charge on any atom is 0.237 e. The lowest BCUT2D eigenvalue weighted by atomic mass is 10.3. The summed E-state index contributed by atoms with van der Waals surface area (Å²) < 4.78 is 5.51. The van der Waals surface area contributed by atoms with Crippen molar-refractivity contribution in [1.82, 2.24) is 0 Å². The molecule has 21 heavy (non-hydrogen) atoms. The average molecular weight is 301 g/mol. The molecule has 1 N–H and O–H groups in total. The molecule has 2 aromatic rings. The van der Waals surface area contributed by atoms with Gasteiger partial charge in [0.2, 0.25) is 5.91 Å². The third-order valence-electron chi connectivity index (χ3n) is 2.87. The van der Waals surface area contributed by atoms with Crippen molar-refractivity contribution in [3.05, 3.63) is 54.6 Å². The van der Waals surface area contributed by atoms with Crippen molar-refractivity contribution < 1.29 is 9.53 Å². The first-order valence-electron chi connectivity index (χ1n) is 6.95. The first kappa shape index (κ1) is 15.4. The number of nitrogens with one attached hydrogen (secondary N) is 1. The van der Waals surface area contributed by atoms with Crippen LogP contribution in [0.3, 0.4) is 0 Å². The van der Waals surface area contributed by atoms with Crippen LogP contribution >= 0.6 is 11.8 Å². The molecule has 4 heteroatoms. The van der Waals surface area contributed by atoms with Crippen molar-refractivity contribution in [2.24, 2.45) is 0 Å². The van der Waals surface area contributed by atoms with E-state index in [0.717, 1.165) is 4.90 Å². The summed E-state index contributed by atoms with van der Waals surface area (Å²) >= 11 is 1.54. The molecule has 0 saturated carbocycles. The average Bonchev–Trinajstić information content (AvgIpc) is 2.50. The van der Waals surface area contributed by atoms with Crippen LogP contribution in [-0.4, -0.2) is 17.8 Å². The second-order valence-corrected chi connectivity index (χ2v) is 5.91. The molecule has 0 fully saturated rings. The van der Waals surface area contributed by atoms with Gasteiger partial charge >= 0.3 is 0 Å². The van der Waals surface area contributed by atoms with Crippen LogP contribution in [0, 0.1) is 0 Å². The minimum Gasteiger partial charge on any atom is -0.492 e. The fourth-order valence-corrected chi connectivity index (χ4v) is 2.73. The van der Waals surface area contributed by atoms with Crippen LogP contribution in [0.15, 0.2) is 59.5 Å². The molecule has 2 rings (SSSR count). The summed E-state index contributed by atoms with van der Waals surface area (Å²) in [5.74, 6) is 0.668. The summed E-state index contributed by atoms with van der Waals surface area (Å²) in [6.45, 7) is 4.39. The van der Waals surface area contributed by atoms with E-state index in [0.29, 0.717) is 18.0 Å². The zero-order valence-electron chi connectivity index (χ0n) is 12.2. The van der Waals surface area contributed by atoms with Crippen molar-refractivity contribution in [2.45, 2.75) is 24.0 Å². The lowest BCUT2D eigenvalue weighted by molar-refractivity contribution is -0.115. The molecule has 0 spiro atoms. The summed E-state index contributed by atoms with van der Waals surface area (Å²) in [5, 5.41) is 2.75. The summed E-state index contributed by atoms with van der Waals surface area (Å²) in [4.78, 5) is 13.4. The summed E-state index contributed by atoms with van der Waals surface area (Å²) in [5.41, 5.74) is 0.713. The Kier molecular flexibility index (Phi) is 5.69. The molecule has 0 unspecified atom stereocenters. The van der Waals surface area contributed by atoms with E-state index in [1.54, 1.807) is 0 Å². The van der Waals surface area contributed by atoms with E-state index in [1.165, 1.54) is 11.8 Å². The Balaban J connectivity index is 2.01. The number of para-hydroxylation sites is 2. The van der Waals surface area contributed by atoms with Gasteiger partial charge in [-0.2, -0.15) is 0 Å². The molecule has 1 atom stereocenters. The van der Waals surface area contributed by atoms with Gasteiger partial charge in [0, 0.05) is 4.90 Å². The van der Waals surface area contributed by atoms with Gasteiger partial charge < -0.3 is 10.1 Å². The molecule has 0 heterocycles. The Hall–Kier alpha value is -1.94. The predicted octanol–water partition coefficient (Wildman–Crippen LogP) is 4.20. The van der Waals surface area contributed by atoms with Gasteiger partial charge in [0.1, 0.15) is 5.75 Å². The number of carbonyl (C=O) groups is 1. The van der Waals surface area contributed by atoms with E-state index in [9.17, 15) is 4.79 Å². The van der Waals surface area contributed by atoms with Gasteiger partial charge in [0.25, 0.3) is 0 Å². The highest BCUT2D eigenvalue weighted by atomic mass is 32.2. The van der Waals surface area contributed by atoms with Crippen LogP contribution in [0.1, 0.15) is 13.8 Å². The topological polar surface area (TPSA) is 38.3 Å². The summed E-state index contributed by atoms with van der Waals surface area (Å²) in [7, 11) is 0. The first-order chi connectivity index (χ1) is 10.2. The minimum atomic E-state index is -0.179. The molecule has 0 saturated heterocycles. The third-order valence-corrected chi connectivity index (χ3v) is 3.98. The van der Waals surface area contributed by atoms with Gasteiger partial charge in [-0.3, -0.25) is 4.79 Å². The van der Waals surface area contributed by atoms with Gasteiger partial charge in [-0.25, -0.2) is 0 Å². The van der Waals surface area contributed by atoms with Gasteiger partial charge in [0.05, 0.1) is 17.5 Å². The van der Waals surface area contributed by atoms with Gasteiger partial charge in [-0.15, -0.1) is 11.8 Å². The molecule has 2 aromatic carbocycles. The van der Waals surface area contributed by atoms with E-state index >= 15 is 0 Å². The zero-order valence-corrected chi connectivity index (χ0v) is 13.0. The van der Waals surface area contributed by atoms with Crippen LogP contribution in [0.4, 0.5) is 5.69 Å². The summed E-state index contributed by atoms with van der Waals surface area (Å²) in [6, 6.07) is 17.4. The highest BCUT2D eigenvalue weighted by Crippen LogP contribution is 2.27. The van der Waals surface area contributed by atoms with Crippen molar-refractivity contribution in [2.75, 3.05) is 11.9 Å². The monoisotopic (exact) mass is 301 g/mol. The number of carbonyl (C=O) groups excluding carboxylic acids is 1. The Morgan fingerprint density at radius 3 is 2.52 bits per heavy atom. The highest BCUT2D eigenvalue weighted by Gasteiger charge is 2.16. The standard InChI is InChI=1S/C17H19NO2S/c1-3-20-16-12-8-7-11-15(16)18-17(19)13(2)21-14-9-5-4-6-10-14/h4-13H,3H2,1-2H3,(H,18,19)/t13-/m0/s1. The molecule has 110 valence electrons. The molecule has 0 aliphatic rings. The Labute approximate surface area is 129 Å². The second-order valence-electron chi connectivity index (χ2n) is 4.49. The van der Waals surface area contributed by atoms with E-state index in [4.69, 9.17) is 4.74 Å². The summed E-state index contributed by atoms with van der Waals surface area (Å²) in [6.07, 6.45) is 0. The molecule has 0 aliphatic carbocycles. The van der Waals surface area contributed by atoms with Gasteiger partial charge in [0.15, 0.2) is 0 Å². The number of benzene rings is 2. The predicted molar refractivity (Wildman–Crippen MR) is 88.0 cm³/mol. The Bertz CT molecular complexity index is 586. The highest BCUT2D eigenvalue weighted by molar-refractivity contribution is 8.00. The minimum absolute atomic E-state index is 0.0315. The fourth-order valence-electron chi connectivity index (χ4n) is 1.84. The van der Waals surface area contributed by atoms with Crippen molar-refractivity contribution in [3.8, 4) is 5.75 Å². The number of hydrogen-bond acceptors (Lipinski definition) is 3. The zero-order chi connectivity index (χ0) is 15.1. The normalized spacial score (nSPS) is 11.7. The molecule has 0 aromatic heterocycles. The van der Waals surface area contributed by atoms with Crippen molar-refractivity contribution in [3.63, 3.8) is 0 Å². The number of amides is 1. The lowest BCUT2D eigenvalue weighted by Gasteiger charge is -2.14. The van der Waals surface area contributed by atoms with Crippen LogP contribution in [-0.2, 0) is 4.79 Å². The quantitative estimate of drug-likeness (QED) is 0.812. The number of anilines is 1. The van der Waals surface area contributed by atoms with E-state index in [-0.39, 0.29) is 11.2 Å². The van der Waals surface area contributed by atoms with Crippen molar-refractivity contribution >= 4 is 23.4 Å². The number of rotatable bonds is 6. The third kappa shape index (κ3) is 4.53. The molecule has 0 aliphatic heterocycles. The van der Waals surface area contributed by atoms with Gasteiger partial charge in [-0.1, -0.05) is 30.3 Å². The van der Waals surface area contributed by atoms with E-state index in [1.807, 2.05) is 68.4 Å². The molecular formula is C17H19NO2S. The number of thioether (sulfide) groups is 1. The molecule has 0 radical (unpaired) electrons. The Morgan fingerprint density at radius 1 is 1.14 bits per heavy atom. The van der Waals surface area contributed by atoms with Crippen LogP contribution < -0.4 is 10.1 Å². The van der Waals surface area contributed by atoms with Crippen molar-refractivity contribution in [1.29, 1.82) is 0 Å². The molecule has 3 nitrogen and oxygen atoms in total. The van der Waals surface area contributed by atoms with Gasteiger partial charge in [-0.05, 0) is 38.1 Å². The molecular weight excluding hydrogens is 282 g/mol. The second kappa shape index (κ2) is 7.74. The molecule has 0 bridgehead atoms. The van der Waals surface area contributed by atoms with Crippen LogP contribution in [0.25, 0.3) is 0 Å². The van der Waals surface area contributed by atoms with Crippen LogP contribution in [0.5, 0.6) is 5.75 Å². The van der Waals surface area contributed by atoms with E-state index in [2.05, 4.69) is 5.32 Å². The largest absolute Gasteiger partial charge is 0.492 e. The smallest absolute Gasteiger partial charge is 0.237 e. The molecule has 1 amide bonds. The fraction of sp³-hybridized carbons (Fsp3) is 0.235. The lowest BCUT2D eigenvalue weighted by Crippen LogP contribution is -2.22. The maximum atomic E-state index is 12.3. The SMILES string of the molecule is CCOc1ccccc1NC(=O)[C@H](C)Sc1ccccc1. The van der Waals surface area contributed by atoms with Crippen LogP contribution in [0.2, 0.25) is 0 Å². The number of hydrogen-bond donors (Lipinski definition) is 1. The number of ether oxygens (including phenoxy) is 1. The maximum absolute atomic E-state index is 12.3. The van der Waals surface area contributed by atoms with E-state index < -0.39 is 0 Å². The Morgan fingerprint density at radius 2 is 1.81 bits per heavy atom.